The Balaban J connectivity index is 0.00000162. The van der Waals surface area contributed by atoms with Crippen LogP contribution < -0.4 is 10.6 Å². The quantitative estimate of drug-likeness (QED) is 0.754. The van der Waals surface area contributed by atoms with Gasteiger partial charge in [0.25, 0.3) is 0 Å². The van der Waals surface area contributed by atoms with Crippen molar-refractivity contribution in [2.45, 2.75) is 18.9 Å². The largest absolute Gasteiger partial charge is 0.374 e. The molecule has 0 aromatic rings. The highest BCUT2D eigenvalue weighted by Crippen LogP contribution is 2.11. The lowest BCUT2D eigenvalue weighted by Gasteiger charge is -2.30. The van der Waals surface area contributed by atoms with E-state index in [1.54, 1.807) is 0 Å². The summed E-state index contributed by atoms with van der Waals surface area (Å²) in [6.07, 6.45) is 2.06. The molecule has 0 aliphatic carbocycles. The molecule has 0 spiro atoms. The first kappa shape index (κ1) is 15.7. The topological polar surface area (TPSA) is 53.6 Å². The Morgan fingerprint density at radius 3 is 2.83 bits per heavy atom. The monoisotopic (exact) mass is 277 g/mol. The predicted octanol–water partition coefficient (Wildman–Crippen LogP) is -0.145. The number of piperidine rings is 1. The van der Waals surface area contributed by atoms with Crippen molar-refractivity contribution in [3.05, 3.63) is 0 Å². The number of hydrogen-bond donors (Lipinski definition) is 2. The van der Waals surface area contributed by atoms with E-state index in [-0.39, 0.29) is 30.3 Å². The van der Waals surface area contributed by atoms with E-state index in [1.807, 2.05) is 0 Å². The van der Waals surface area contributed by atoms with Gasteiger partial charge in [-0.15, -0.1) is 12.4 Å². The molecule has 0 radical (unpaired) electrons. The third-order valence-electron chi connectivity index (χ3n) is 3.56. The van der Waals surface area contributed by atoms with Gasteiger partial charge in [0, 0.05) is 25.6 Å². The van der Waals surface area contributed by atoms with E-state index in [2.05, 4.69) is 22.6 Å². The second kappa shape index (κ2) is 7.94. The fourth-order valence-corrected chi connectivity index (χ4v) is 2.43. The second-order valence-electron chi connectivity index (χ2n) is 5.02. The number of halogens is 1. The number of rotatable bonds is 3. The van der Waals surface area contributed by atoms with Crippen LogP contribution >= 0.6 is 12.4 Å². The average molecular weight is 278 g/mol. The Kier molecular flexibility index (Phi) is 6.92. The molecular weight excluding hydrogens is 254 g/mol. The highest BCUT2D eigenvalue weighted by molar-refractivity contribution is 5.85. The zero-order chi connectivity index (χ0) is 12.1. The van der Waals surface area contributed by atoms with E-state index < -0.39 is 0 Å². The fraction of sp³-hybridized carbons (Fsp3) is 0.917. The zero-order valence-corrected chi connectivity index (χ0v) is 11.8. The second-order valence-corrected chi connectivity index (χ2v) is 5.02. The van der Waals surface area contributed by atoms with Gasteiger partial charge in [0.05, 0.1) is 12.7 Å². The molecule has 1 atom stereocenters. The number of carbonyl (C=O) groups excluding carboxylic acids is 1. The van der Waals surface area contributed by atoms with Crippen LogP contribution in [0.2, 0.25) is 0 Å². The first-order valence-electron chi connectivity index (χ1n) is 6.54. The van der Waals surface area contributed by atoms with E-state index in [0.29, 0.717) is 6.54 Å². The van der Waals surface area contributed by atoms with Crippen LogP contribution in [-0.2, 0) is 9.53 Å². The number of amides is 1. The van der Waals surface area contributed by atoms with Crippen molar-refractivity contribution in [1.82, 2.24) is 15.5 Å². The molecule has 1 unspecified atom stereocenters. The number of nitrogens with zero attached hydrogens (tertiary/aromatic N) is 1. The molecule has 2 rings (SSSR count). The molecule has 5 nitrogen and oxygen atoms in total. The summed E-state index contributed by atoms with van der Waals surface area (Å²) in [7, 11) is 2.09. The van der Waals surface area contributed by atoms with Gasteiger partial charge in [-0.1, -0.05) is 0 Å². The number of hydrogen-bond acceptors (Lipinski definition) is 4. The minimum absolute atomic E-state index is 0. The number of ether oxygens (including phenoxy) is 1. The molecule has 18 heavy (non-hydrogen) atoms. The van der Waals surface area contributed by atoms with Crippen molar-refractivity contribution in [1.29, 1.82) is 0 Å². The van der Waals surface area contributed by atoms with E-state index in [0.717, 1.165) is 45.6 Å². The summed E-state index contributed by atoms with van der Waals surface area (Å²) < 4.78 is 5.62. The fourth-order valence-electron chi connectivity index (χ4n) is 2.43. The molecule has 2 N–H and O–H groups in total. The summed E-state index contributed by atoms with van der Waals surface area (Å²) in [6.45, 7) is 5.23. The maximum atomic E-state index is 11.9. The van der Waals surface area contributed by atoms with E-state index in [1.165, 1.54) is 0 Å². The number of carbonyl (C=O) groups is 1. The van der Waals surface area contributed by atoms with Crippen molar-refractivity contribution in [3.8, 4) is 0 Å². The highest BCUT2D eigenvalue weighted by atomic mass is 35.5. The average Bonchev–Trinajstić information content (AvgIpc) is 2.37. The molecule has 0 bridgehead atoms. The van der Waals surface area contributed by atoms with E-state index in [4.69, 9.17) is 4.74 Å². The third-order valence-corrected chi connectivity index (χ3v) is 3.56. The Bertz CT molecular complexity index is 260. The van der Waals surface area contributed by atoms with Crippen LogP contribution in [-0.4, -0.2) is 63.3 Å². The molecule has 2 saturated heterocycles. The highest BCUT2D eigenvalue weighted by Gasteiger charge is 2.23. The van der Waals surface area contributed by atoms with Gasteiger partial charge in [-0.2, -0.15) is 0 Å². The molecule has 2 heterocycles. The molecule has 0 saturated carbocycles. The Morgan fingerprint density at radius 2 is 2.17 bits per heavy atom. The summed E-state index contributed by atoms with van der Waals surface area (Å²) in [6, 6.07) is 0. The smallest absolute Gasteiger partial charge is 0.223 e. The third kappa shape index (κ3) is 4.72. The van der Waals surface area contributed by atoms with Crippen molar-refractivity contribution in [2.75, 3.05) is 46.4 Å². The summed E-state index contributed by atoms with van der Waals surface area (Å²) in [5.74, 6) is 0.390. The Labute approximate surface area is 115 Å². The maximum Gasteiger partial charge on any atom is 0.223 e. The minimum atomic E-state index is 0. The predicted molar refractivity (Wildman–Crippen MR) is 73.1 cm³/mol. The van der Waals surface area contributed by atoms with Crippen LogP contribution in [0.3, 0.4) is 0 Å². The molecule has 0 aromatic heterocycles. The molecule has 0 aromatic carbocycles. The maximum absolute atomic E-state index is 11.9. The van der Waals surface area contributed by atoms with Gasteiger partial charge in [0.2, 0.25) is 5.91 Å². The summed E-state index contributed by atoms with van der Waals surface area (Å²) in [5.41, 5.74) is 0. The van der Waals surface area contributed by atoms with Gasteiger partial charge in [-0.3, -0.25) is 4.79 Å². The molecule has 6 heteroatoms. The molecular formula is C12H24ClN3O2. The lowest BCUT2D eigenvalue weighted by atomic mass is 9.97. The molecule has 106 valence electrons. The number of morpholine rings is 1. The summed E-state index contributed by atoms with van der Waals surface area (Å²) >= 11 is 0. The number of likely N-dealkylation sites (N-methyl/N-ethyl adjacent to an activating group) is 1. The van der Waals surface area contributed by atoms with Gasteiger partial charge in [0.1, 0.15) is 0 Å². The van der Waals surface area contributed by atoms with Gasteiger partial charge < -0.3 is 20.3 Å². The van der Waals surface area contributed by atoms with Crippen molar-refractivity contribution >= 4 is 18.3 Å². The first-order chi connectivity index (χ1) is 8.25. The zero-order valence-electron chi connectivity index (χ0n) is 11.0. The van der Waals surface area contributed by atoms with Gasteiger partial charge in [0.15, 0.2) is 0 Å². The van der Waals surface area contributed by atoms with Crippen molar-refractivity contribution in [3.63, 3.8) is 0 Å². The van der Waals surface area contributed by atoms with E-state index in [9.17, 15) is 4.79 Å². The Morgan fingerprint density at radius 1 is 1.44 bits per heavy atom. The molecule has 2 aliphatic rings. The Hall–Kier alpha value is -0.360. The SMILES string of the molecule is CN1CCOC(CNC(=O)C2CCNCC2)C1.Cl. The number of nitrogens with one attached hydrogen (secondary N) is 2. The van der Waals surface area contributed by atoms with Crippen LogP contribution in [0.5, 0.6) is 0 Å². The van der Waals surface area contributed by atoms with E-state index >= 15 is 0 Å². The lowest BCUT2D eigenvalue weighted by molar-refractivity contribution is -0.126. The standard InChI is InChI=1S/C12H23N3O2.ClH/c1-15-6-7-17-11(9-15)8-14-12(16)10-2-4-13-5-3-10;/h10-11,13H,2-9H2,1H3,(H,14,16);1H. The van der Waals surface area contributed by atoms with Crippen LogP contribution in [0.25, 0.3) is 0 Å². The lowest BCUT2D eigenvalue weighted by Crippen LogP contribution is -2.47. The van der Waals surface area contributed by atoms with Crippen molar-refractivity contribution < 1.29 is 9.53 Å². The molecule has 2 fully saturated rings. The minimum Gasteiger partial charge on any atom is -0.374 e. The summed E-state index contributed by atoms with van der Waals surface area (Å²) in [5, 5.41) is 6.29. The van der Waals surface area contributed by atoms with Crippen LogP contribution in [0, 0.1) is 5.92 Å². The van der Waals surface area contributed by atoms with Gasteiger partial charge >= 0.3 is 0 Å². The van der Waals surface area contributed by atoms with Crippen molar-refractivity contribution in [2.24, 2.45) is 5.92 Å². The summed E-state index contributed by atoms with van der Waals surface area (Å²) in [4.78, 5) is 14.2. The first-order valence-corrected chi connectivity index (χ1v) is 6.54. The van der Waals surface area contributed by atoms with Gasteiger partial charge in [-0.25, -0.2) is 0 Å². The normalized spacial score (nSPS) is 26.4. The van der Waals surface area contributed by atoms with Crippen LogP contribution in [0.15, 0.2) is 0 Å². The van der Waals surface area contributed by atoms with Gasteiger partial charge in [-0.05, 0) is 33.0 Å². The molecule has 2 aliphatic heterocycles. The molecule has 1 amide bonds. The van der Waals surface area contributed by atoms with Crippen LogP contribution in [0.4, 0.5) is 0 Å². The van der Waals surface area contributed by atoms with Crippen LogP contribution in [0.1, 0.15) is 12.8 Å².